The Labute approximate surface area is 198 Å². The lowest BCUT2D eigenvalue weighted by molar-refractivity contribution is -0.461. The van der Waals surface area contributed by atoms with Crippen LogP contribution in [0.2, 0.25) is 0 Å². The molecule has 0 aromatic heterocycles. The number of halogens is 17. The number of hydrazine groups is 1. The van der Waals surface area contributed by atoms with Crippen LogP contribution in [0, 0.1) is 0 Å². The Bertz CT molecular complexity index is 844. The number of carbonyl (C=O) groups is 2. The minimum Gasteiger partial charge on any atom is -0.449 e. The molecule has 0 saturated carbocycles. The third kappa shape index (κ3) is 5.99. The second kappa shape index (κ2) is 10.8. The Hall–Kier alpha value is -2.65. The molecule has 0 aliphatic rings. The maximum atomic E-state index is 13.6. The van der Waals surface area contributed by atoms with Crippen LogP contribution in [0.3, 0.4) is 0 Å². The summed E-state index contributed by atoms with van der Waals surface area (Å²) >= 11 is 0. The normalized spacial score (nSPS) is 14.7. The number of nitrogens with one attached hydrogen (secondary N) is 2. The minimum absolute atomic E-state index is 0.218. The molecule has 0 rings (SSSR count). The highest BCUT2D eigenvalue weighted by molar-refractivity contribution is 5.73. The highest BCUT2D eigenvalue weighted by atomic mass is 19.4. The van der Waals surface area contributed by atoms with Crippen LogP contribution in [-0.2, 0) is 9.47 Å². The van der Waals surface area contributed by atoms with Crippen molar-refractivity contribution in [1.82, 2.24) is 10.9 Å². The van der Waals surface area contributed by atoms with Crippen molar-refractivity contribution >= 4 is 12.2 Å². The first-order valence-corrected chi connectivity index (χ1v) is 9.17. The largest absolute Gasteiger partial charge is 0.460 e. The van der Waals surface area contributed by atoms with Gasteiger partial charge in [0.25, 0.3) is 0 Å². The zero-order valence-electron chi connectivity index (χ0n) is 17.9. The van der Waals surface area contributed by atoms with Crippen molar-refractivity contribution in [1.29, 1.82) is 0 Å². The van der Waals surface area contributed by atoms with Gasteiger partial charge in [-0.3, -0.25) is 0 Å². The van der Waals surface area contributed by atoms with E-state index in [1.165, 1.54) is 17.8 Å². The van der Waals surface area contributed by atoms with Crippen LogP contribution in [0.4, 0.5) is 84.2 Å². The molecule has 226 valence electrons. The van der Waals surface area contributed by atoms with Crippen LogP contribution >= 0.6 is 0 Å². The van der Waals surface area contributed by atoms with Gasteiger partial charge in [-0.25, -0.2) is 20.4 Å². The molecule has 0 aliphatic carbocycles. The van der Waals surface area contributed by atoms with Crippen LogP contribution in [0.5, 0.6) is 0 Å². The van der Waals surface area contributed by atoms with E-state index in [0.29, 0.717) is 0 Å². The molecule has 0 bridgehead atoms. The Morgan fingerprint density at radius 3 is 1.26 bits per heavy atom. The van der Waals surface area contributed by atoms with Crippen molar-refractivity contribution in [3.05, 3.63) is 0 Å². The lowest BCUT2D eigenvalue weighted by Crippen LogP contribution is -2.74. The van der Waals surface area contributed by atoms with E-state index in [4.69, 9.17) is 0 Å². The van der Waals surface area contributed by atoms with E-state index in [2.05, 4.69) is 9.47 Å². The molecular weight excluding hydrogens is 595 g/mol. The first-order chi connectivity index (χ1) is 16.6. The van der Waals surface area contributed by atoms with E-state index in [-0.39, 0.29) is 6.61 Å². The summed E-state index contributed by atoms with van der Waals surface area (Å²) in [6.07, 6.45) is -15.3. The van der Waals surface area contributed by atoms with Gasteiger partial charge in [-0.1, -0.05) is 0 Å². The van der Waals surface area contributed by atoms with Crippen LogP contribution < -0.4 is 10.9 Å². The summed E-state index contributed by atoms with van der Waals surface area (Å²) in [6, 6.07) is 0. The maximum absolute atomic E-state index is 13.6. The van der Waals surface area contributed by atoms with Crippen molar-refractivity contribution in [3.8, 4) is 0 Å². The topological polar surface area (TPSA) is 76.7 Å². The summed E-state index contributed by atoms with van der Waals surface area (Å²) < 4.78 is 231. The van der Waals surface area contributed by atoms with Gasteiger partial charge < -0.3 is 9.47 Å². The maximum Gasteiger partial charge on any atom is 0.460 e. The first kappa shape index (κ1) is 35.4. The number of ether oxygens (including phenoxy) is 2. The Balaban J connectivity index is 5.78. The smallest absolute Gasteiger partial charge is 0.449 e. The van der Waals surface area contributed by atoms with Crippen LogP contribution in [-0.4, -0.2) is 73.0 Å². The number of rotatable bonds is 11. The Kier molecular flexibility index (Phi) is 10.1. The van der Waals surface area contributed by atoms with E-state index < -0.39 is 79.3 Å². The zero-order valence-corrected chi connectivity index (χ0v) is 17.9. The highest BCUT2D eigenvalue weighted by Crippen LogP contribution is 2.64. The second-order valence-corrected chi connectivity index (χ2v) is 6.86. The van der Waals surface area contributed by atoms with Gasteiger partial charge in [0.15, 0.2) is 0 Å². The molecule has 0 unspecified atom stereocenters. The van der Waals surface area contributed by atoms with Crippen LogP contribution in [0.1, 0.15) is 19.8 Å². The second-order valence-electron chi connectivity index (χ2n) is 6.86. The lowest BCUT2D eigenvalue weighted by Gasteiger charge is -2.42. The van der Waals surface area contributed by atoms with Gasteiger partial charge in [0.05, 0.1) is 13.2 Å². The molecule has 38 heavy (non-hydrogen) atoms. The summed E-state index contributed by atoms with van der Waals surface area (Å²) in [4.78, 5) is 21.9. The van der Waals surface area contributed by atoms with Gasteiger partial charge in [0.2, 0.25) is 0 Å². The number of alkyl halides is 17. The predicted octanol–water partition coefficient (Wildman–Crippen LogP) is 6.16. The molecule has 23 heteroatoms. The molecule has 0 spiro atoms. The molecule has 2 N–H and O–H groups in total. The molecule has 0 heterocycles. The number of hydrogen-bond donors (Lipinski definition) is 2. The summed E-state index contributed by atoms with van der Waals surface area (Å²) in [7, 11) is 0. The van der Waals surface area contributed by atoms with Crippen molar-refractivity contribution in [2.24, 2.45) is 0 Å². The van der Waals surface area contributed by atoms with E-state index in [1.807, 2.05) is 0 Å². The molecule has 0 saturated heterocycles. The molecule has 6 nitrogen and oxygen atoms in total. The molecule has 0 radical (unpaired) electrons. The molecule has 0 atom stereocenters. The molecule has 0 aromatic carbocycles. The van der Waals surface area contributed by atoms with Gasteiger partial charge in [0, 0.05) is 6.42 Å². The van der Waals surface area contributed by atoms with Crippen LogP contribution in [0.25, 0.3) is 0 Å². The fourth-order valence-corrected chi connectivity index (χ4v) is 2.12. The fourth-order valence-electron chi connectivity index (χ4n) is 2.12. The van der Waals surface area contributed by atoms with Gasteiger partial charge >= 0.3 is 59.8 Å². The molecule has 0 aliphatic heterocycles. The number of amides is 2. The predicted molar refractivity (Wildman–Crippen MR) is 84.6 cm³/mol. The van der Waals surface area contributed by atoms with Crippen LogP contribution in [0.15, 0.2) is 0 Å². The van der Waals surface area contributed by atoms with Crippen molar-refractivity contribution in [3.63, 3.8) is 0 Å². The van der Waals surface area contributed by atoms with E-state index in [1.54, 1.807) is 0 Å². The third-order valence-corrected chi connectivity index (χ3v) is 4.20. The third-order valence-electron chi connectivity index (χ3n) is 4.20. The summed E-state index contributed by atoms with van der Waals surface area (Å²) in [5.74, 6) is -56.9. The number of hydrogen-bond acceptors (Lipinski definition) is 4. The standard InChI is InChI=1S/C15H13F17N2O4/c1-2-37-6(35)33-34-7(36)38-5-3-4-8(16,17)9(18,19)10(20,21)11(22,23)12(24,25)13(26,27)14(28,29)15(30,31)32/h2-5H2,1H3,(H,33,35)(H,34,36). The minimum atomic E-state index is -8.70. The quantitative estimate of drug-likeness (QED) is 0.167. The Morgan fingerprint density at radius 1 is 0.553 bits per heavy atom. The summed E-state index contributed by atoms with van der Waals surface area (Å²) in [5.41, 5.74) is 2.81. The van der Waals surface area contributed by atoms with Crippen molar-refractivity contribution in [2.75, 3.05) is 13.2 Å². The average molecular weight is 608 g/mol. The summed E-state index contributed by atoms with van der Waals surface area (Å²) in [5, 5.41) is 0. The monoisotopic (exact) mass is 608 g/mol. The summed E-state index contributed by atoms with van der Waals surface area (Å²) in [6.45, 7) is -0.377. The molecule has 0 aromatic rings. The zero-order chi connectivity index (χ0) is 30.8. The average Bonchev–Trinajstić information content (AvgIpc) is 2.73. The lowest BCUT2D eigenvalue weighted by atomic mass is 9.88. The molecule has 0 fully saturated rings. The molecule has 2 amide bonds. The van der Waals surface area contributed by atoms with Gasteiger partial charge in [-0.05, 0) is 13.3 Å². The first-order valence-electron chi connectivity index (χ1n) is 9.17. The van der Waals surface area contributed by atoms with E-state index in [9.17, 15) is 84.2 Å². The fraction of sp³-hybridized carbons (Fsp3) is 0.867. The SMILES string of the molecule is CCOC(=O)NNC(=O)OCCCC(F)(F)C(F)(F)C(F)(F)C(F)(F)C(F)(F)C(F)(F)C(F)(F)C(F)(F)F. The highest BCUT2D eigenvalue weighted by Gasteiger charge is 2.95. The Morgan fingerprint density at radius 2 is 0.895 bits per heavy atom. The van der Waals surface area contributed by atoms with Gasteiger partial charge in [0.1, 0.15) is 0 Å². The van der Waals surface area contributed by atoms with Gasteiger partial charge in [-0.2, -0.15) is 74.6 Å². The van der Waals surface area contributed by atoms with E-state index >= 15 is 0 Å². The van der Waals surface area contributed by atoms with Crippen molar-refractivity contribution in [2.45, 2.75) is 67.4 Å². The van der Waals surface area contributed by atoms with Crippen molar-refractivity contribution < 1.29 is 93.7 Å². The molecular formula is C15H13F17N2O4. The van der Waals surface area contributed by atoms with Gasteiger partial charge in [-0.15, -0.1) is 0 Å². The number of carbonyl (C=O) groups excluding carboxylic acids is 2. The van der Waals surface area contributed by atoms with E-state index in [0.717, 1.165) is 0 Å².